The van der Waals surface area contributed by atoms with Crippen LogP contribution in [0.2, 0.25) is 0 Å². The van der Waals surface area contributed by atoms with Crippen LogP contribution in [-0.4, -0.2) is 6.54 Å². The van der Waals surface area contributed by atoms with Crippen molar-refractivity contribution in [3.05, 3.63) is 69.4 Å². The Morgan fingerprint density at radius 3 is 2.71 bits per heavy atom. The number of nitrogens with two attached hydrogens (primary N) is 1. The van der Waals surface area contributed by atoms with Gasteiger partial charge in [-0.25, -0.2) is 4.39 Å². The van der Waals surface area contributed by atoms with Crippen LogP contribution in [0.4, 0.5) is 4.39 Å². The summed E-state index contributed by atoms with van der Waals surface area (Å²) in [6.07, 6.45) is 0. The number of hydrogen-bond donors (Lipinski definition) is 1. The average Bonchev–Trinajstić information content (AvgIpc) is 2.47. The third-order valence-corrected chi connectivity index (χ3v) is 3.55. The minimum Gasteiger partial charge on any atom is -0.372 e. The summed E-state index contributed by atoms with van der Waals surface area (Å²) in [4.78, 5) is 0. The molecule has 2 aromatic carbocycles. The molecule has 0 unspecified atom stereocenters. The van der Waals surface area contributed by atoms with Crippen molar-refractivity contribution in [3.8, 4) is 11.8 Å². The Balaban J connectivity index is 2.00. The van der Waals surface area contributed by atoms with Crippen LogP contribution in [0, 0.1) is 17.7 Å². The molecule has 2 nitrogen and oxygen atoms in total. The molecule has 0 spiro atoms. The predicted molar refractivity (Wildman–Crippen MR) is 85.0 cm³/mol. The van der Waals surface area contributed by atoms with Crippen molar-refractivity contribution >= 4 is 15.9 Å². The van der Waals surface area contributed by atoms with Gasteiger partial charge in [0.1, 0.15) is 5.82 Å². The fourth-order valence-electron chi connectivity index (χ4n) is 1.85. The van der Waals surface area contributed by atoms with Crippen LogP contribution in [-0.2, 0) is 18.0 Å². The predicted octanol–water partition coefficient (Wildman–Crippen LogP) is 3.62. The minimum absolute atomic E-state index is 0.254. The van der Waals surface area contributed by atoms with Gasteiger partial charge in [-0.05, 0) is 35.4 Å². The molecule has 2 N–H and O–H groups in total. The van der Waals surface area contributed by atoms with E-state index in [1.165, 1.54) is 12.1 Å². The molecule has 0 radical (unpaired) electrons. The molecule has 0 fully saturated rings. The number of benzene rings is 2. The van der Waals surface area contributed by atoms with E-state index in [1.54, 1.807) is 0 Å². The van der Waals surface area contributed by atoms with E-state index in [1.807, 2.05) is 30.3 Å². The van der Waals surface area contributed by atoms with Crippen LogP contribution in [0.25, 0.3) is 0 Å². The first-order valence-electron chi connectivity index (χ1n) is 6.48. The maximum Gasteiger partial charge on any atom is 0.124 e. The molecule has 0 saturated heterocycles. The Kier molecular flexibility index (Phi) is 5.94. The van der Waals surface area contributed by atoms with Crippen LogP contribution in [0.5, 0.6) is 0 Å². The molecule has 0 bridgehead atoms. The summed E-state index contributed by atoms with van der Waals surface area (Å²) in [7, 11) is 0. The van der Waals surface area contributed by atoms with Gasteiger partial charge in [-0.1, -0.05) is 46.0 Å². The summed E-state index contributed by atoms with van der Waals surface area (Å²) in [5.74, 6) is 5.22. The van der Waals surface area contributed by atoms with Gasteiger partial charge in [0, 0.05) is 10.0 Å². The van der Waals surface area contributed by atoms with E-state index >= 15 is 0 Å². The van der Waals surface area contributed by atoms with Crippen molar-refractivity contribution in [3.63, 3.8) is 0 Å². The molecule has 0 aliphatic carbocycles. The first-order chi connectivity index (χ1) is 10.2. The lowest BCUT2D eigenvalue weighted by Crippen LogP contribution is -1.97. The van der Waals surface area contributed by atoms with E-state index in [4.69, 9.17) is 10.5 Å². The van der Waals surface area contributed by atoms with Crippen LogP contribution < -0.4 is 5.73 Å². The van der Waals surface area contributed by atoms with Crippen molar-refractivity contribution in [1.29, 1.82) is 0 Å². The topological polar surface area (TPSA) is 35.2 Å². The highest BCUT2D eigenvalue weighted by atomic mass is 79.9. The summed E-state index contributed by atoms with van der Waals surface area (Å²) >= 11 is 3.46. The first-order valence-corrected chi connectivity index (χ1v) is 7.28. The van der Waals surface area contributed by atoms with Gasteiger partial charge in [0.25, 0.3) is 0 Å². The molecule has 0 heterocycles. The van der Waals surface area contributed by atoms with Gasteiger partial charge < -0.3 is 10.5 Å². The largest absolute Gasteiger partial charge is 0.372 e. The molecular weight excluding hydrogens is 333 g/mol. The highest BCUT2D eigenvalue weighted by Crippen LogP contribution is 2.17. The van der Waals surface area contributed by atoms with Crippen molar-refractivity contribution < 1.29 is 9.13 Å². The first kappa shape index (κ1) is 15.7. The van der Waals surface area contributed by atoms with Gasteiger partial charge in [-0.2, -0.15) is 0 Å². The number of rotatable bonds is 4. The second kappa shape index (κ2) is 7.94. The molecule has 108 valence electrons. The maximum atomic E-state index is 13.5. The van der Waals surface area contributed by atoms with Crippen LogP contribution in [0.1, 0.15) is 16.7 Å². The van der Waals surface area contributed by atoms with Crippen molar-refractivity contribution in [1.82, 2.24) is 0 Å². The molecule has 0 atom stereocenters. The smallest absolute Gasteiger partial charge is 0.124 e. The zero-order valence-corrected chi connectivity index (χ0v) is 13.0. The van der Waals surface area contributed by atoms with Crippen molar-refractivity contribution in [2.45, 2.75) is 13.2 Å². The van der Waals surface area contributed by atoms with E-state index < -0.39 is 0 Å². The third-order valence-electron chi connectivity index (χ3n) is 2.78. The van der Waals surface area contributed by atoms with E-state index in [2.05, 4.69) is 27.8 Å². The number of ether oxygens (including phenoxy) is 1. The summed E-state index contributed by atoms with van der Waals surface area (Å²) in [5, 5.41) is 0. The Morgan fingerprint density at radius 1 is 1.14 bits per heavy atom. The fraction of sp³-hybridized carbons (Fsp3) is 0.176. The number of hydrogen-bond acceptors (Lipinski definition) is 2. The van der Waals surface area contributed by atoms with Gasteiger partial charge in [-0.3, -0.25) is 0 Å². The highest BCUT2D eigenvalue weighted by molar-refractivity contribution is 9.10. The Hall–Kier alpha value is -1.67. The van der Waals surface area contributed by atoms with Gasteiger partial charge in [0.05, 0.1) is 19.8 Å². The van der Waals surface area contributed by atoms with Gasteiger partial charge >= 0.3 is 0 Å². The second-order valence-electron chi connectivity index (χ2n) is 4.44. The van der Waals surface area contributed by atoms with E-state index in [0.29, 0.717) is 18.8 Å². The fourth-order valence-corrected chi connectivity index (χ4v) is 2.25. The highest BCUT2D eigenvalue weighted by Gasteiger charge is 2.02. The molecular formula is C17H15BrFNO. The molecule has 4 heteroatoms. The lowest BCUT2D eigenvalue weighted by molar-refractivity contribution is 0.106. The Labute approximate surface area is 132 Å². The molecule has 0 aliphatic heterocycles. The van der Waals surface area contributed by atoms with Gasteiger partial charge in [0.15, 0.2) is 0 Å². The minimum atomic E-state index is -0.321. The van der Waals surface area contributed by atoms with Crippen LogP contribution in [0.3, 0.4) is 0 Å². The van der Waals surface area contributed by atoms with Crippen molar-refractivity contribution in [2.75, 3.05) is 6.54 Å². The monoisotopic (exact) mass is 347 g/mol. The lowest BCUT2D eigenvalue weighted by Gasteiger charge is -2.07. The zero-order chi connectivity index (χ0) is 15.1. The van der Waals surface area contributed by atoms with Crippen LogP contribution in [0.15, 0.2) is 46.9 Å². The normalized spacial score (nSPS) is 10.0. The van der Waals surface area contributed by atoms with Crippen LogP contribution >= 0.6 is 15.9 Å². The standard InChI is InChI=1S/C17H15BrFNO/c18-17-6-2-1-5-15(17)12-21-11-14-8-13(4-3-7-20)9-16(19)10-14/h1-2,5-6,8-10H,7,11-12,20H2. The summed E-state index contributed by atoms with van der Waals surface area (Å²) in [6, 6.07) is 12.5. The maximum absolute atomic E-state index is 13.5. The molecule has 0 amide bonds. The second-order valence-corrected chi connectivity index (χ2v) is 5.29. The quantitative estimate of drug-likeness (QED) is 0.857. The summed E-state index contributed by atoms with van der Waals surface area (Å²) in [5.41, 5.74) is 7.73. The molecule has 0 aliphatic rings. The molecule has 0 aromatic heterocycles. The molecule has 2 rings (SSSR count). The lowest BCUT2D eigenvalue weighted by atomic mass is 10.1. The average molecular weight is 348 g/mol. The summed E-state index contributed by atoms with van der Waals surface area (Å²) in [6.45, 7) is 1.04. The SMILES string of the molecule is NCC#Cc1cc(F)cc(COCc2ccccc2Br)c1. The summed E-state index contributed by atoms with van der Waals surface area (Å²) < 4.78 is 20.1. The Bertz CT molecular complexity index is 676. The van der Waals surface area contributed by atoms with Crippen molar-refractivity contribution in [2.24, 2.45) is 5.73 Å². The van der Waals surface area contributed by atoms with E-state index in [0.717, 1.165) is 15.6 Å². The molecule has 2 aromatic rings. The third kappa shape index (κ3) is 4.98. The number of halogens is 2. The molecule has 21 heavy (non-hydrogen) atoms. The van der Waals surface area contributed by atoms with E-state index in [9.17, 15) is 4.39 Å². The van der Waals surface area contributed by atoms with Gasteiger partial charge in [-0.15, -0.1) is 0 Å². The van der Waals surface area contributed by atoms with Gasteiger partial charge in [0.2, 0.25) is 0 Å². The zero-order valence-electron chi connectivity index (χ0n) is 11.4. The Morgan fingerprint density at radius 2 is 1.95 bits per heavy atom. The molecule has 0 saturated carbocycles. The van der Waals surface area contributed by atoms with E-state index in [-0.39, 0.29) is 12.4 Å².